The first-order valence-electron chi connectivity index (χ1n) is 13.2. The van der Waals surface area contributed by atoms with Crippen LogP contribution in [0.2, 0.25) is 5.02 Å². The van der Waals surface area contributed by atoms with Gasteiger partial charge in [0.25, 0.3) is 5.91 Å². The minimum absolute atomic E-state index is 0.123. The van der Waals surface area contributed by atoms with Crippen LogP contribution in [0, 0.1) is 6.92 Å². The maximum atomic E-state index is 13.1. The smallest absolute Gasteiger partial charge is 0.266 e. The number of morpholine rings is 1. The maximum Gasteiger partial charge on any atom is 0.266 e. The molecule has 2 aliphatic rings. The lowest BCUT2D eigenvalue weighted by Gasteiger charge is -2.28. The summed E-state index contributed by atoms with van der Waals surface area (Å²) in [7, 11) is 1.73. The molecular formula is C31H32ClN3O4S. The Morgan fingerprint density at radius 2 is 1.77 bits per heavy atom. The summed E-state index contributed by atoms with van der Waals surface area (Å²) in [6.07, 6.45) is 1.81. The summed E-state index contributed by atoms with van der Waals surface area (Å²) in [6, 6.07) is 19.8. The van der Waals surface area contributed by atoms with Crippen LogP contribution in [-0.2, 0) is 16.1 Å². The molecule has 7 nitrogen and oxygen atoms in total. The fraction of sp³-hybridized carbons (Fsp3) is 0.290. The fourth-order valence-corrected chi connectivity index (χ4v) is 5.65. The first-order chi connectivity index (χ1) is 19.4. The second-order valence-corrected chi connectivity index (χ2v) is 10.9. The molecule has 0 spiro atoms. The van der Waals surface area contributed by atoms with E-state index in [1.165, 1.54) is 17.3 Å². The zero-order chi connectivity index (χ0) is 28.1. The van der Waals surface area contributed by atoms with Gasteiger partial charge in [-0.25, -0.2) is 4.99 Å². The van der Waals surface area contributed by atoms with Crippen LogP contribution >= 0.6 is 23.4 Å². The van der Waals surface area contributed by atoms with Crippen molar-refractivity contribution in [3.05, 3.63) is 87.3 Å². The van der Waals surface area contributed by atoms with Gasteiger partial charge in [-0.05, 0) is 79.2 Å². The van der Waals surface area contributed by atoms with Crippen LogP contribution < -0.4 is 14.4 Å². The monoisotopic (exact) mass is 577 g/mol. The number of rotatable bonds is 8. The molecule has 0 radical (unpaired) electrons. The summed E-state index contributed by atoms with van der Waals surface area (Å²) in [6.45, 7) is 8.01. The van der Waals surface area contributed by atoms with Gasteiger partial charge in [-0.15, -0.1) is 0 Å². The van der Waals surface area contributed by atoms with E-state index >= 15 is 0 Å². The molecular weight excluding hydrogens is 546 g/mol. The molecule has 2 aliphatic heterocycles. The Hall–Kier alpha value is -3.46. The summed E-state index contributed by atoms with van der Waals surface area (Å²) < 4.78 is 17.4. The number of ether oxygens (including phenoxy) is 3. The molecule has 3 aromatic rings. The quantitative estimate of drug-likeness (QED) is 0.278. The number of aryl methyl sites for hydroxylation is 1. The second kappa shape index (κ2) is 12.8. The van der Waals surface area contributed by atoms with E-state index in [4.69, 9.17) is 30.8 Å². The number of likely N-dealkylation sites (N-methyl/N-ethyl adjacent to an activating group) is 1. The van der Waals surface area contributed by atoms with Gasteiger partial charge in [-0.2, -0.15) is 0 Å². The van der Waals surface area contributed by atoms with E-state index in [0.29, 0.717) is 39.8 Å². The molecule has 9 heteroatoms. The van der Waals surface area contributed by atoms with Gasteiger partial charge in [0, 0.05) is 25.8 Å². The minimum atomic E-state index is -0.123. The molecule has 0 atom stereocenters. The third kappa shape index (κ3) is 6.63. The zero-order valence-corrected chi connectivity index (χ0v) is 24.4. The highest BCUT2D eigenvalue weighted by atomic mass is 35.5. The van der Waals surface area contributed by atoms with Crippen molar-refractivity contribution in [2.45, 2.75) is 20.5 Å². The van der Waals surface area contributed by atoms with Crippen molar-refractivity contribution in [2.24, 2.45) is 4.99 Å². The van der Waals surface area contributed by atoms with Crippen LogP contribution in [0.1, 0.15) is 23.6 Å². The van der Waals surface area contributed by atoms with Crippen molar-refractivity contribution >= 4 is 51.9 Å². The van der Waals surface area contributed by atoms with E-state index < -0.39 is 0 Å². The van der Waals surface area contributed by atoms with Gasteiger partial charge in [-0.1, -0.05) is 41.4 Å². The first-order valence-corrected chi connectivity index (χ1v) is 14.4. The van der Waals surface area contributed by atoms with Gasteiger partial charge < -0.3 is 19.1 Å². The first kappa shape index (κ1) is 28.1. The van der Waals surface area contributed by atoms with Gasteiger partial charge in [0.1, 0.15) is 6.61 Å². The summed E-state index contributed by atoms with van der Waals surface area (Å²) in [5.41, 5.74) is 4.90. The third-order valence-electron chi connectivity index (χ3n) is 6.59. The number of carbonyl (C=O) groups is 1. The predicted octanol–water partition coefficient (Wildman–Crippen LogP) is 6.70. The number of thioether (sulfide) groups is 1. The van der Waals surface area contributed by atoms with Gasteiger partial charge >= 0.3 is 0 Å². The average Bonchev–Trinajstić information content (AvgIpc) is 3.22. The Labute approximate surface area is 244 Å². The SMILES string of the molecule is CCOc1cc(/C=C2\SC(=Nc3ccc(N4CCOCC4)cc3)N(C)C2=O)cc(Cl)c1OCc1ccc(C)cc1. The van der Waals surface area contributed by atoms with Crippen LogP contribution in [0.25, 0.3) is 6.08 Å². The third-order valence-corrected chi connectivity index (χ3v) is 7.93. The van der Waals surface area contributed by atoms with Gasteiger partial charge in [0.15, 0.2) is 16.7 Å². The molecule has 1 amide bonds. The van der Waals surface area contributed by atoms with Crippen molar-refractivity contribution < 1.29 is 19.0 Å². The molecule has 0 aliphatic carbocycles. The van der Waals surface area contributed by atoms with Crippen molar-refractivity contribution in [2.75, 3.05) is 44.9 Å². The highest BCUT2D eigenvalue weighted by Crippen LogP contribution is 2.40. The van der Waals surface area contributed by atoms with Gasteiger partial charge in [0.05, 0.1) is 35.4 Å². The van der Waals surface area contributed by atoms with Gasteiger partial charge in [0.2, 0.25) is 0 Å². The van der Waals surface area contributed by atoms with Crippen LogP contribution in [0.15, 0.2) is 70.6 Å². The molecule has 2 saturated heterocycles. The molecule has 2 fully saturated rings. The summed E-state index contributed by atoms with van der Waals surface area (Å²) in [5, 5.41) is 1.03. The molecule has 3 aromatic carbocycles. The Bertz CT molecular complexity index is 1420. The molecule has 5 rings (SSSR count). The number of anilines is 1. The van der Waals surface area contributed by atoms with E-state index in [9.17, 15) is 4.79 Å². The van der Waals surface area contributed by atoms with Gasteiger partial charge in [-0.3, -0.25) is 9.69 Å². The number of hydrogen-bond acceptors (Lipinski definition) is 7. The number of halogens is 1. The molecule has 0 N–H and O–H groups in total. The lowest BCUT2D eigenvalue weighted by molar-refractivity contribution is -0.121. The maximum absolute atomic E-state index is 13.1. The Kier molecular flexibility index (Phi) is 8.99. The van der Waals surface area contributed by atoms with E-state index in [1.54, 1.807) is 18.0 Å². The van der Waals surface area contributed by atoms with Crippen molar-refractivity contribution in [1.82, 2.24) is 4.90 Å². The zero-order valence-electron chi connectivity index (χ0n) is 22.9. The lowest BCUT2D eigenvalue weighted by atomic mass is 10.1. The number of benzene rings is 3. The topological polar surface area (TPSA) is 63.6 Å². The van der Waals surface area contributed by atoms with Crippen LogP contribution in [0.3, 0.4) is 0 Å². The predicted molar refractivity (Wildman–Crippen MR) is 163 cm³/mol. The summed E-state index contributed by atoms with van der Waals surface area (Å²) >= 11 is 7.98. The largest absolute Gasteiger partial charge is 0.490 e. The van der Waals surface area contributed by atoms with Crippen LogP contribution in [-0.4, -0.2) is 55.9 Å². The Balaban J connectivity index is 1.33. The number of amides is 1. The number of aliphatic imine (C=N–C) groups is 1. The molecule has 0 aromatic heterocycles. The second-order valence-electron chi connectivity index (χ2n) is 9.52. The normalized spacial score (nSPS) is 17.6. The Morgan fingerprint density at radius 3 is 2.48 bits per heavy atom. The molecule has 0 bridgehead atoms. The summed E-state index contributed by atoms with van der Waals surface area (Å²) in [4.78, 5) is 22.2. The van der Waals surface area contributed by atoms with Crippen molar-refractivity contribution in [1.29, 1.82) is 0 Å². The highest BCUT2D eigenvalue weighted by Gasteiger charge is 2.30. The molecule has 40 heavy (non-hydrogen) atoms. The van der Waals surface area contributed by atoms with E-state index in [2.05, 4.69) is 17.0 Å². The fourth-order valence-electron chi connectivity index (χ4n) is 4.39. The number of hydrogen-bond donors (Lipinski definition) is 0. The molecule has 0 saturated carbocycles. The molecule has 2 heterocycles. The summed E-state index contributed by atoms with van der Waals surface area (Å²) in [5.74, 6) is 0.894. The number of nitrogens with zero attached hydrogens (tertiary/aromatic N) is 3. The van der Waals surface area contributed by atoms with E-state index in [-0.39, 0.29) is 5.91 Å². The number of amidine groups is 1. The molecule has 208 valence electrons. The van der Waals surface area contributed by atoms with E-state index in [1.807, 2.05) is 62.4 Å². The Morgan fingerprint density at radius 1 is 1.05 bits per heavy atom. The standard InChI is InChI=1S/C31H32ClN3O4S/c1-4-38-27-18-23(17-26(32)29(27)39-20-22-7-5-21(2)6-8-22)19-28-30(36)34(3)31(40-28)33-24-9-11-25(12-10-24)35-13-15-37-16-14-35/h5-12,17-19H,4,13-16,20H2,1-3H3/b28-19-,33-31?. The molecule has 0 unspecified atom stereocenters. The highest BCUT2D eigenvalue weighted by molar-refractivity contribution is 8.18. The van der Waals surface area contributed by atoms with E-state index in [0.717, 1.165) is 48.8 Å². The average molecular weight is 578 g/mol. The van der Waals surface area contributed by atoms with Crippen molar-refractivity contribution in [3.8, 4) is 11.5 Å². The number of carbonyl (C=O) groups excluding carboxylic acids is 1. The van der Waals surface area contributed by atoms with Crippen LogP contribution in [0.5, 0.6) is 11.5 Å². The minimum Gasteiger partial charge on any atom is -0.490 e. The lowest BCUT2D eigenvalue weighted by Crippen LogP contribution is -2.36. The van der Waals surface area contributed by atoms with Crippen molar-refractivity contribution in [3.63, 3.8) is 0 Å². The van der Waals surface area contributed by atoms with Crippen LogP contribution in [0.4, 0.5) is 11.4 Å².